The molecule has 0 radical (unpaired) electrons. The Labute approximate surface area is 245 Å². The van der Waals surface area contributed by atoms with Gasteiger partial charge in [0.1, 0.15) is 11.5 Å². The number of allylic oxidation sites excluding steroid dienone is 4. The van der Waals surface area contributed by atoms with Gasteiger partial charge in [-0.25, -0.2) is 0 Å². The summed E-state index contributed by atoms with van der Waals surface area (Å²) in [4.78, 5) is 4.66. The van der Waals surface area contributed by atoms with E-state index in [0.29, 0.717) is 0 Å². The molecule has 0 saturated heterocycles. The minimum absolute atomic E-state index is 0.343. The van der Waals surface area contributed by atoms with Crippen LogP contribution in [0, 0.1) is 0 Å². The minimum atomic E-state index is -0.343. The standard InChI is InChI=1S/C40H27NO/c1-3-14-33-31(11-1)32-12-2-4-15-34(32)40(33)35-16-5-6-17-37(35)42-38-25-29(22-23-36(38)40)26-18-20-27(21-19-26)30-13-7-9-28-10-8-24-41-39(28)30/h1-3,5-14,16-25H,4,15H2. The largest absolute Gasteiger partial charge is 0.457 e. The number of aromatic nitrogens is 1. The lowest BCUT2D eigenvalue weighted by Crippen LogP contribution is -2.33. The van der Waals surface area contributed by atoms with Crippen LogP contribution in [0.2, 0.25) is 0 Å². The van der Waals surface area contributed by atoms with Crippen molar-refractivity contribution in [1.29, 1.82) is 0 Å². The lowest BCUT2D eigenvalue weighted by Gasteiger charge is -2.41. The van der Waals surface area contributed by atoms with Gasteiger partial charge in [0.15, 0.2) is 0 Å². The lowest BCUT2D eigenvalue weighted by molar-refractivity contribution is 0.432. The molecule has 42 heavy (non-hydrogen) atoms. The second-order valence-corrected chi connectivity index (χ2v) is 11.4. The fraction of sp³-hybridized carbons (Fsp3) is 0.0750. The topological polar surface area (TPSA) is 22.1 Å². The highest BCUT2D eigenvalue weighted by molar-refractivity contribution is 5.94. The van der Waals surface area contributed by atoms with Gasteiger partial charge in [0.2, 0.25) is 0 Å². The van der Waals surface area contributed by atoms with Gasteiger partial charge in [-0.1, -0.05) is 115 Å². The van der Waals surface area contributed by atoms with Gasteiger partial charge in [0.25, 0.3) is 0 Å². The van der Waals surface area contributed by atoms with E-state index in [1.807, 2.05) is 12.3 Å². The molecule has 0 N–H and O–H groups in total. The molecule has 0 bridgehead atoms. The first-order valence-electron chi connectivity index (χ1n) is 14.7. The van der Waals surface area contributed by atoms with Crippen LogP contribution in [0.15, 0.2) is 145 Å². The van der Waals surface area contributed by atoms with Crippen LogP contribution < -0.4 is 4.74 Å². The third kappa shape index (κ3) is 3.18. The average Bonchev–Trinajstić information content (AvgIpc) is 3.35. The highest BCUT2D eigenvalue weighted by atomic mass is 16.5. The van der Waals surface area contributed by atoms with E-state index in [-0.39, 0.29) is 5.41 Å². The highest BCUT2D eigenvalue weighted by Gasteiger charge is 2.51. The smallest absolute Gasteiger partial charge is 0.132 e. The maximum Gasteiger partial charge on any atom is 0.132 e. The van der Waals surface area contributed by atoms with Gasteiger partial charge >= 0.3 is 0 Å². The first-order chi connectivity index (χ1) is 20.8. The van der Waals surface area contributed by atoms with Crippen LogP contribution in [0.5, 0.6) is 11.5 Å². The van der Waals surface area contributed by atoms with Crippen LogP contribution in [-0.2, 0) is 5.41 Å². The monoisotopic (exact) mass is 537 g/mol. The Morgan fingerprint density at radius 2 is 1.33 bits per heavy atom. The van der Waals surface area contributed by atoms with Gasteiger partial charge < -0.3 is 4.74 Å². The summed E-state index contributed by atoms with van der Waals surface area (Å²) in [7, 11) is 0. The van der Waals surface area contributed by atoms with Crippen LogP contribution in [0.25, 0.3) is 38.7 Å². The van der Waals surface area contributed by atoms with E-state index in [2.05, 4.69) is 132 Å². The number of hydrogen-bond acceptors (Lipinski definition) is 2. The highest BCUT2D eigenvalue weighted by Crippen LogP contribution is 2.63. The number of benzene rings is 5. The first kappa shape index (κ1) is 23.5. The summed E-state index contributed by atoms with van der Waals surface area (Å²) in [6.07, 6.45) is 8.63. The summed E-state index contributed by atoms with van der Waals surface area (Å²) in [5.41, 5.74) is 13.4. The molecule has 5 aromatic carbocycles. The van der Waals surface area contributed by atoms with E-state index >= 15 is 0 Å². The SMILES string of the molecule is C1=CC2=C(CC1)C1(c3ccccc3Oc3cc(-c4ccc(-c5cccc6cccnc56)cc4)ccc31)c1ccccc12. The van der Waals surface area contributed by atoms with E-state index in [0.717, 1.165) is 51.9 Å². The summed E-state index contributed by atoms with van der Waals surface area (Å²) in [6.45, 7) is 0. The molecule has 3 aliphatic rings. The number of pyridine rings is 1. The zero-order valence-electron chi connectivity index (χ0n) is 23.0. The quantitative estimate of drug-likeness (QED) is 0.219. The number of hydrogen-bond donors (Lipinski definition) is 0. The van der Waals surface area contributed by atoms with Crippen molar-refractivity contribution in [3.63, 3.8) is 0 Å². The maximum atomic E-state index is 6.71. The number of para-hydroxylation sites is 2. The minimum Gasteiger partial charge on any atom is -0.457 e. The van der Waals surface area contributed by atoms with Crippen molar-refractivity contribution in [2.75, 3.05) is 0 Å². The van der Waals surface area contributed by atoms with Gasteiger partial charge in [-0.2, -0.15) is 0 Å². The van der Waals surface area contributed by atoms with E-state index in [9.17, 15) is 0 Å². The van der Waals surface area contributed by atoms with Crippen LogP contribution in [-0.4, -0.2) is 4.98 Å². The third-order valence-corrected chi connectivity index (χ3v) is 9.30. The number of rotatable bonds is 2. The molecule has 6 aromatic rings. The van der Waals surface area contributed by atoms with Crippen molar-refractivity contribution in [1.82, 2.24) is 4.98 Å². The van der Waals surface area contributed by atoms with Crippen molar-refractivity contribution >= 4 is 16.5 Å². The third-order valence-electron chi connectivity index (χ3n) is 9.30. The molecule has 2 heteroatoms. The fourth-order valence-electron chi connectivity index (χ4n) is 7.53. The maximum absolute atomic E-state index is 6.71. The predicted molar refractivity (Wildman–Crippen MR) is 171 cm³/mol. The normalized spacial score (nSPS) is 17.9. The van der Waals surface area contributed by atoms with Gasteiger partial charge in [0.05, 0.1) is 10.9 Å². The van der Waals surface area contributed by atoms with Crippen LogP contribution in [0.1, 0.15) is 35.1 Å². The first-order valence-corrected chi connectivity index (χ1v) is 14.7. The van der Waals surface area contributed by atoms with Crippen molar-refractivity contribution in [3.05, 3.63) is 168 Å². The Bertz CT molecular complexity index is 2110. The predicted octanol–water partition coefficient (Wildman–Crippen LogP) is 10.1. The molecule has 198 valence electrons. The Hall–Kier alpha value is -5.21. The molecule has 0 amide bonds. The molecular formula is C40H27NO. The zero-order valence-corrected chi connectivity index (χ0v) is 23.0. The summed E-state index contributed by atoms with van der Waals surface area (Å²) in [5.74, 6) is 1.88. The molecule has 0 saturated carbocycles. The van der Waals surface area contributed by atoms with E-state index < -0.39 is 0 Å². The fourth-order valence-corrected chi connectivity index (χ4v) is 7.53. The summed E-state index contributed by atoms with van der Waals surface area (Å²) in [5, 5.41) is 1.15. The summed E-state index contributed by atoms with van der Waals surface area (Å²) in [6, 6.07) is 43.7. The molecule has 0 fully saturated rings. The molecule has 2 nitrogen and oxygen atoms in total. The van der Waals surface area contributed by atoms with E-state index in [1.165, 1.54) is 39.0 Å². The van der Waals surface area contributed by atoms with Gasteiger partial charge in [-0.05, 0) is 70.0 Å². The summed E-state index contributed by atoms with van der Waals surface area (Å²) < 4.78 is 6.71. The molecule has 1 aromatic heterocycles. The van der Waals surface area contributed by atoms with Crippen molar-refractivity contribution in [3.8, 4) is 33.8 Å². The number of ether oxygens (including phenoxy) is 1. The zero-order chi connectivity index (χ0) is 27.7. The van der Waals surface area contributed by atoms with Crippen LogP contribution in [0.4, 0.5) is 0 Å². The van der Waals surface area contributed by atoms with Crippen molar-refractivity contribution < 1.29 is 4.74 Å². The molecule has 1 atom stereocenters. The van der Waals surface area contributed by atoms with E-state index in [1.54, 1.807) is 0 Å². The van der Waals surface area contributed by atoms with Gasteiger partial charge in [0, 0.05) is 28.3 Å². The number of nitrogens with zero attached hydrogens (tertiary/aromatic N) is 1. The average molecular weight is 538 g/mol. The molecule has 1 aliphatic heterocycles. The van der Waals surface area contributed by atoms with Gasteiger partial charge in [-0.15, -0.1) is 0 Å². The van der Waals surface area contributed by atoms with Crippen molar-refractivity contribution in [2.45, 2.75) is 18.3 Å². The van der Waals surface area contributed by atoms with Gasteiger partial charge in [-0.3, -0.25) is 4.98 Å². The molecule has 1 spiro atoms. The summed E-state index contributed by atoms with van der Waals surface area (Å²) >= 11 is 0. The molecule has 1 unspecified atom stereocenters. The molecular weight excluding hydrogens is 510 g/mol. The number of fused-ring (bicyclic) bond motifs is 9. The second kappa shape index (κ2) is 8.89. The molecule has 2 aliphatic carbocycles. The van der Waals surface area contributed by atoms with Crippen molar-refractivity contribution in [2.24, 2.45) is 0 Å². The van der Waals surface area contributed by atoms with Crippen LogP contribution in [0.3, 0.4) is 0 Å². The van der Waals surface area contributed by atoms with Crippen LogP contribution >= 0.6 is 0 Å². The molecule has 2 heterocycles. The molecule has 9 rings (SSSR count). The Morgan fingerprint density at radius 1 is 0.595 bits per heavy atom. The second-order valence-electron chi connectivity index (χ2n) is 11.4. The Kier molecular flexibility index (Phi) is 4.97. The Balaban J connectivity index is 1.20. The van der Waals surface area contributed by atoms with E-state index in [4.69, 9.17) is 4.74 Å². The lowest BCUT2D eigenvalue weighted by atomic mass is 9.64. The Morgan fingerprint density at radius 3 is 2.26 bits per heavy atom.